The molecule has 3 aromatic rings. The molecule has 0 amide bonds. The van der Waals surface area contributed by atoms with Gasteiger partial charge in [0.1, 0.15) is 17.4 Å². The van der Waals surface area contributed by atoms with Crippen molar-refractivity contribution in [3.63, 3.8) is 0 Å². The number of carbonyl (C=O) groups is 1. The molecule has 184 valence electrons. The van der Waals surface area contributed by atoms with Gasteiger partial charge < -0.3 is 9.84 Å². The Hall–Kier alpha value is -3.32. The Balaban J connectivity index is 1.36. The van der Waals surface area contributed by atoms with Gasteiger partial charge in [-0.05, 0) is 86.7 Å². The van der Waals surface area contributed by atoms with Crippen LogP contribution in [0.25, 0.3) is 17.0 Å². The van der Waals surface area contributed by atoms with Gasteiger partial charge in [0.05, 0.1) is 24.2 Å². The van der Waals surface area contributed by atoms with Crippen LogP contribution in [0.5, 0.6) is 5.75 Å². The molecule has 0 radical (unpaired) electrons. The third kappa shape index (κ3) is 5.85. The van der Waals surface area contributed by atoms with Crippen LogP contribution in [0.1, 0.15) is 36.8 Å². The minimum absolute atomic E-state index is 0.261. The van der Waals surface area contributed by atoms with E-state index < -0.39 is 11.4 Å². The number of rotatable bonds is 9. The van der Waals surface area contributed by atoms with Crippen molar-refractivity contribution in [2.75, 3.05) is 26.7 Å². The summed E-state index contributed by atoms with van der Waals surface area (Å²) in [6.07, 6.45) is 7.82. The molecule has 1 fully saturated rings. The number of benzene rings is 2. The summed E-state index contributed by atoms with van der Waals surface area (Å²) in [5.74, 6) is -0.782. The number of hydrogen-bond donors (Lipinski definition) is 1. The highest BCUT2D eigenvalue weighted by molar-refractivity contribution is 5.83. The maximum atomic E-state index is 14.6. The van der Waals surface area contributed by atoms with E-state index in [1.165, 1.54) is 18.3 Å². The van der Waals surface area contributed by atoms with E-state index >= 15 is 0 Å². The first-order chi connectivity index (χ1) is 16.9. The average Bonchev–Trinajstić information content (AvgIpc) is 2.87. The molecule has 1 saturated heterocycles. The lowest BCUT2D eigenvalue weighted by molar-refractivity contribution is -0.152. The Morgan fingerprint density at radius 3 is 2.60 bits per heavy atom. The van der Waals surface area contributed by atoms with Gasteiger partial charge >= 0.3 is 5.97 Å². The zero-order valence-corrected chi connectivity index (χ0v) is 19.8. The number of halogens is 2. The Morgan fingerprint density at radius 2 is 1.91 bits per heavy atom. The normalized spacial score (nSPS) is 16.1. The van der Waals surface area contributed by atoms with Gasteiger partial charge in [-0.15, -0.1) is 0 Å². The summed E-state index contributed by atoms with van der Waals surface area (Å²) >= 11 is 0. The molecule has 4 rings (SSSR count). The van der Waals surface area contributed by atoms with Gasteiger partial charge in [0.2, 0.25) is 0 Å². The predicted octanol–water partition coefficient (Wildman–Crippen LogP) is 5.72. The van der Waals surface area contributed by atoms with Crippen LogP contribution < -0.4 is 4.74 Å². The fourth-order valence-electron chi connectivity index (χ4n) is 4.83. The smallest absolute Gasteiger partial charge is 0.309 e. The van der Waals surface area contributed by atoms with Crippen LogP contribution in [0, 0.1) is 17.0 Å². The average molecular weight is 481 g/mol. The second kappa shape index (κ2) is 11.0. The van der Waals surface area contributed by atoms with E-state index in [1.807, 2.05) is 12.2 Å². The number of nitrogens with zero attached hydrogens (tertiary/aromatic N) is 2. The number of methoxy groups -OCH3 is 1. The molecule has 0 aliphatic carbocycles. The van der Waals surface area contributed by atoms with E-state index in [4.69, 9.17) is 4.74 Å². The van der Waals surface area contributed by atoms with Crippen molar-refractivity contribution in [1.82, 2.24) is 9.88 Å². The monoisotopic (exact) mass is 480 g/mol. The molecule has 0 atom stereocenters. The van der Waals surface area contributed by atoms with Crippen LogP contribution in [-0.4, -0.2) is 47.7 Å². The lowest BCUT2D eigenvalue weighted by Gasteiger charge is -2.38. The van der Waals surface area contributed by atoms with Crippen molar-refractivity contribution in [1.29, 1.82) is 0 Å². The highest BCUT2D eigenvalue weighted by Crippen LogP contribution is 2.37. The van der Waals surface area contributed by atoms with Crippen molar-refractivity contribution in [3.8, 4) is 5.75 Å². The highest BCUT2D eigenvalue weighted by atomic mass is 19.1. The summed E-state index contributed by atoms with van der Waals surface area (Å²) in [4.78, 5) is 18.6. The molecule has 5 nitrogen and oxygen atoms in total. The van der Waals surface area contributed by atoms with E-state index in [0.717, 1.165) is 5.56 Å². The third-order valence-electron chi connectivity index (χ3n) is 7.03. The van der Waals surface area contributed by atoms with Gasteiger partial charge in [0.15, 0.2) is 0 Å². The first kappa shape index (κ1) is 24.8. The molecule has 0 saturated carbocycles. The third-order valence-corrected chi connectivity index (χ3v) is 7.03. The number of aryl methyl sites for hydroxylation is 1. The van der Waals surface area contributed by atoms with Gasteiger partial charge in [0, 0.05) is 11.9 Å². The van der Waals surface area contributed by atoms with E-state index in [1.54, 1.807) is 37.4 Å². The number of hydrogen-bond acceptors (Lipinski definition) is 4. The van der Waals surface area contributed by atoms with E-state index in [9.17, 15) is 18.7 Å². The number of pyridine rings is 1. The van der Waals surface area contributed by atoms with E-state index in [2.05, 4.69) is 9.88 Å². The van der Waals surface area contributed by atoms with E-state index in [0.29, 0.717) is 74.0 Å². The molecule has 1 aliphatic heterocycles. The summed E-state index contributed by atoms with van der Waals surface area (Å²) in [5, 5.41) is 10.8. The fraction of sp³-hybridized carbons (Fsp3) is 0.357. The summed E-state index contributed by atoms with van der Waals surface area (Å²) < 4.78 is 33.0. The molecular weight excluding hydrogens is 450 g/mol. The molecule has 0 bridgehead atoms. The van der Waals surface area contributed by atoms with Gasteiger partial charge in [-0.1, -0.05) is 24.3 Å². The minimum Gasteiger partial charge on any atom is -0.497 e. The standard InChI is InChI=1S/C28H30F2N2O3/c1-35-22-10-11-26-24(18-22)23(25(30)19-31-26)5-2-12-28(27(33)34)13-16-32(17-14-28)15-3-4-20-6-8-21(29)9-7-20/h3-4,6-11,18-19H,2,5,12-17H2,1H3,(H,33,34)/b4-3+. The summed E-state index contributed by atoms with van der Waals surface area (Å²) in [6.45, 7) is 2.08. The summed E-state index contributed by atoms with van der Waals surface area (Å²) in [5.41, 5.74) is 1.38. The molecule has 35 heavy (non-hydrogen) atoms. The molecule has 1 aromatic heterocycles. The minimum atomic E-state index is -0.797. The lowest BCUT2D eigenvalue weighted by Crippen LogP contribution is -2.44. The zero-order valence-electron chi connectivity index (χ0n) is 19.8. The second-order valence-electron chi connectivity index (χ2n) is 9.16. The number of ether oxygens (including phenoxy) is 1. The van der Waals surface area contributed by atoms with Crippen LogP contribution in [0.2, 0.25) is 0 Å². The van der Waals surface area contributed by atoms with Gasteiger partial charge in [0.25, 0.3) is 0 Å². The maximum absolute atomic E-state index is 14.6. The second-order valence-corrected chi connectivity index (χ2v) is 9.16. The van der Waals surface area contributed by atoms with Gasteiger partial charge in [-0.25, -0.2) is 8.78 Å². The highest BCUT2D eigenvalue weighted by Gasteiger charge is 2.40. The molecule has 2 heterocycles. The molecule has 1 aliphatic rings. The van der Waals surface area contributed by atoms with Crippen LogP contribution in [0.3, 0.4) is 0 Å². The number of piperidine rings is 1. The Bertz CT molecular complexity index is 1200. The van der Waals surface area contributed by atoms with Crippen molar-refractivity contribution in [3.05, 3.63) is 77.5 Å². The molecule has 7 heteroatoms. The molecule has 0 spiro atoms. The number of carboxylic acid groups (broad SMARTS) is 1. The fourth-order valence-corrected chi connectivity index (χ4v) is 4.83. The number of fused-ring (bicyclic) bond motifs is 1. The van der Waals surface area contributed by atoms with Gasteiger partial charge in [-0.2, -0.15) is 0 Å². The summed E-state index contributed by atoms with van der Waals surface area (Å²) in [7, 11) is 1.56. The Morgan fingerprint density at radius 1 is 1.17 bits per heavy atom. The van der Waals surface area contributed by atoms with Crippen LogP contribution in [0.4, 0.5) is 8.78 Å². The Labute approximate surface area is 204 Å². The van der Waals surface area contributed by atoms with E-state index in [-0.39, 0.29) is 11.6 Å². The number of aliphatic carboxylic acids is 1. The van der Waals surface area contributed by atoms with Crippen molar-refractivity contribution >= 4 is 22.9 Å². The largest absolute Gasteiger partial charge is 0.497 e. The van der Waals surface area contributed by atoms with Crippen molar-refractivity contribution < 1.29 is 23.4 Å². The predicted molar refractivity (Wildman–Crippen MR) is 132 cm³/mol. The molecular formula is C28H30F2N2O3. The van der Waals surface area contributed by atoms with Crippen LogP contribution in [-0.2, 0) is 11.2 Å². The topological polar surface area (TPSA) is 62.7 Å². The number of carboxylic acids is 1. The summed E-state index contributed by atoms with van der Waals surface area (Å²) in [6, 6.07) is 11.7. The molecule has 1 N–H and O–H groups in total. The maximum Gasteiger partial charge on any atom is 0.309 e. The molecule has 0 unspecified atom stereocenters. The zero-order chi connectivity index (χ0) is 24.8. The first-order valence-corrected chi connectivity index (χ1v) is 11.9. The van der Waals surface area contributed by atoms with Crippen molar-refractivity contribution in [2.45, 2.75) is 32.1 Å². The number of aromatic nitrogens is 1. The van der Waals surface area contributed by atoms with Crippen molar-refractivity contribution in [2.24, 2.45) is 5.41 Å². The molecule has 2 aromatic carbocycles. The lowest BCUT2D eigenvalue weighted by atomic mass is 9.74. The quantitative estimate of drug-likeness (QED) is 0.424. The van der Waals surface area contributed by atoms with Crippen LogP contribution >= 0.6 is 0 Å². The Kier molecular flexibility index (Phi) is 7.76. The first-order valence-electron chi connectivity index (χ1n) is 11.9. The SMILES string of the molecule is COc1ccc2ncc(F)c(CCCC3(C(=O)O)CCN(C/C=C/c4ccc(F)cc4)CC3)c2c1. The van der Waals surface area contributed by atoms with Crippen LogP contribution in [0.15, 0.2) is 54.7 Å². The van der Waals surface area contributed by atoms with Gasteiger partial charge in [-0.3, -0.25) is 14.7 Å². The number of likely N-dealkylation sites (tertiary alicyclic amines) is 1.